The molecule has 0 saturated carbocycles. The van der Waals surface area contributed by atoms with E-state index in [2.05, 4.69) is 31.1 Å². The molecule has 3 rings (SSSR count). The zero-order valence-electron chi connectivity index (χ0n) is 11.0. The molecule has 0 bridgehead atoms. The minimum atomic E-state index is -4.34. The van der Waals surface area contributed by atoms with Gasteiger partial charge in [-0.15, -0.1) is 0 Å². The fourth-order valence-electron chi connectivity index (χ4n) is 1.94. The monoisotopic (exact) mass is 367 g/mol. The first kappa shape index (κ1) is 14.8. The van der Waals surface area contributed by atoms with Gasteiger partial charge in [-0.2, -0.15) is 18.3 Å². The first-order chi connectivity index (χ1) is 10.4. The molecule has 0 radical (unpaired) electrons. The number of alkyl halides is 3. The van der Waals surface area contributed by atoms with Gasteiger partial charge in [0.1, 0.15) is 0 Å². The Hall–Kier alpha value is -2.15. The van der Waals surface area contributed by atoms with Gasteiger partial charge in [0.25, 0.3) is 0 Å². The summed E-state index contributed by atoms with van der Waals surface area (Å²) in [6, 6.07) is 12.2. The van der Waals surface area contributed by atoms with Gasteiger partial charge in [-0.05, 0) is 24.3 Å². The molecule has 1 N–H and O–H groups in total. The number of aromatic amines is 1. The maximum absolute atomic E-state index is 12.5. The van der Waals surface area contributed by atoms with Gasteiger partial charge in [0.15, 0.2) is 11.6 Å². The lowest BCUT2D eigenvalue weighted by atomic mass is 10.1. The summed E-state index contributed by atoms with van der Waals surface area (Å²) in [7, 11) is 0. The van der Waals surface area contributed by atoms with E-state index in [9.17, 15) is 13.2 Å². The van der Waals surface area contributed by atoms with Crippen molar-refractivity contribution in [2.24, 2.45) is 0 Å². The minimum absolute atomic E-state index is 0.423. The number of halogens is 4. The molecule has 0 spiro atoms. The zero-order chi connectivity index (χ0) is 15.7. The predicted octanol–water partition coefficient (Wildman–Crippen LogP) is 4.92. The van der Waals surface area contributed by atoms with Crippen LogP contribution in [-0.2, 0) is 6.18 Å². The summed E-state index contributed by atoms with van der Waals surface area (Å²) >= 11 is 3.34. The summed E-state index contributed by atoms with van der Waals surface area (Å²) in [5.74, 6) is 0.911. The summed E-state index contributed by atoms with van der Waals surface area (Å²) in [5.41, 5.74) is 0.672. The fourth-order valence-corrected chi connectivity index (χ4v) is 2.20. The highest BCUT2D eigenvalue weighted by molar-refractivity contribution is 9.10. The van der Waals surface area contributed by atoms with Crippen LogP contribution in [0.4, 0.5) is 13.2 Å². The average molecular weight is 368 g/mol. The van der Waals surface area contributed by atoms with Crippen molar-refractivity contribution in [2.45, 2.75) is 6.18 Å². The van der Waals surface area contributed by atoms with Crippen LogP contribution in [0.3, 0.4) is 0 Å². The Morgan fingerprint density at radius 3 is 2.05 bits per heavy atom. The highest BCUT2D eigenvalue weighted by atomic mass is 79.9. The van der Waals surface area contributed by atoms with Gasteiger partial charge >= 0.3 is 6.18 Å². The van der Waals surface area contributed by atoms with Crippen LogP contribution < -0.4 is 0 Å². The molecule has 1 heterocycles. The van der Waals surface area contributed by atoms with Gasteiger partial charge in [0.2, 0.25) is 0 Å². The Balaban J connectivity index is 1.89. The molecule has 0 unspecified atom stereocenters. The van der Waals surface area contributed by atoms with Gasteiger partial charge < -0.3 is 0 Å². The molecule has 0 saturated heterocycles. The topological polar surface area (TPSA) is 41.6 Å². The Bertz CT molecular complexity index is 777. The highest BCUT2D eigenvalue weighted by Gasteiger charge is 2.30. The second-order valence-electron chi connectivity index (χ2n) is 4.59. The summed E-state index contributed by atoms with van der Waals surface area (Å²) in [5, 5.41) is 6.83. The summed E-state index contributed by atoms with van der Waals surface area (Å²) in [6.45, 7) is 0. The highest BCUT2D eigenvalue weighted by Crippen LogP contribution is 2.30. The van der Waals surface area contributed by atoms with E-state index in [-0.39, 0.29) is 0 Å². The SMILES string of the molecule is FC(F)(F)c1ccc(-c2nc(-c3ccc(Br)cc3)n[nH]2)cc1. The summed E-state index contributed by atoms with van der Waals surface area (Å²) in [6.07, 6.45) is -4.34. The second-order valence-corrected chi connectivity index (χ2v) is 5.51. The predicted molar refractivity (Wildman–Crippen MR) is 80.0 cm³/mol. The van der Waals surface area contributed by atoms with Gasteiger partial charge in [0.05, 0.1) is 5.56 Å². The molecule has 2 aromatic carbocycles. The van der Waals surface area contributed by atoms with Crippen LogP contribution in [0.2, 0.25) is 0 Å². The van der Waals surface area contributed by atoms with E-state index in [0.717, 1.165) is 22.2 Å². The van der Waals surface area contributed by atoms with Crippen molar-refractivity contribution in [3.8, 4) is 22.8 Å². The van der Waals surface area contributed by atoms with E-state index >= 15 is 0 Å². The zero-order valence-corrected chi connectivity index (χ0v) is 12.6. The normalized spacial score (nSPS) is 11.6. The first-order valence-corrected chi connectivity index (χ1v) is 7.09. The Kier molecular flexibility index (Phi) is 3.74. The molecule has 112 valence electrons. The van der Waals surface area contributed by atoms with E-state index in [1.807, 2.05) is 24.3 Å². The smallest absolute Gasteiger partial charge is 0.259 e. The maximum atomic E-state index is 12.5. The van der Waals surface area contributed by atoms with Gasteiger partial charge in [-0.3, -0.25) is 5.10 Å². The standard InChI is InChI=1S/C15H9BrF3N3/c16-12-7-3-10(4-8-12)14-20-13(21-22-14)9-1-5-11(6-2-9)15(17,18)19/h1-8H,(H,20,21,22). The van der Waals surface area contributed by atoms with Crippen molar-refractivity contribution in [3.05, 3.63) is 58.6 Å². The first-order valence-electron chi connectivity index (χ1n) is 6.29. The van der Waals surface area contributed by atoms with Crippen LogP contribution >= 0.6 is 15.9 Å². The summed E-state index contributed by atoms with van der Waals surface area (Å²) < 4.78 is 38.6. The van der Waals surface area contributed by atoms with Crippen molar-refractivity contribution in [3.63, 3.8) is 0 Å². The maximum Gasteiger partial charge on any atom is 0.416 e. The number of hydrogen-bond acceptors (Lipinski definition) is 2. The average Bonchev–Trinajstić information content (AvgIpc) is 2.97. The molecule has 22 heavy (non-hydrogen) atoms. The van der Waals surface area contributed by atoms with E-state index in [0.29, 0.717) is 17.2 Å². The minimum Gasteiger partial charge on any atom is -0.259 e. The van der Waals surface area contributed by atoms with Crippen molar-refractivity contribution in [1.82, 2.24) is 15.2 Å². The van der Waals surface area contributed by atoms with Crippen LogP contribution in [0.1, 0.15) is 5.56 Å². The molecular weight excluding hydrogens is 359 g/mol. The van der Waals surface area contributed by atoms with E-state index < -0.39 is 11.7 Å². The van der Waals surface area contributed by atoms with Crippen LogP contribution in [0.15, 0.2) is 53.0 Å². The number of nitrogens with zero attached hydrogens (tertiary/aromatic N) is 2. The fraction of sp³-hybridized carbons (Fsp3) is 0.0667. The molecule has 0 aliphatic rings. The number of nitrogens with one attached hydrogen (secondary N) is 1. The second kappa shape index (κ2) is 5.57. The molecule has 3 nitrogen and oxygen atoms in total. The van der Waals surface area contributed by atoms with Gasteiger partial charge in [-0.1, -0.05) is 40.2 Å². The third kappa shape index (κ3) is 3.04. The van der Waals surface area contributed by atoms with Crippen LogP contribution in [0, 0.1) is 0 Å². The lowest BCUT2D eigenvalue weighted by molar-refractivity contribution is -0.137. The number of H-pyrrole nitrogens is 1. The van der Waals surface area contributed by atoms with Gasteiger partial charge in [-0.25, -0.2) is 4.98 Å². The van der Waals surface area contributed by atoms with Gasteiger partial charge in [0, 0.05) is 15.6 Å². The Morgan fingerprint density at radius 1 is 0.864 bits per heavy atom. The quantitative estimate of drug-likeness (QED) is 0.698. The van der Waals surface area contributed by atoms with Crippen molar-refractivity contribution in [1.29, 1.82) is 0 Å². The van der Waals surface area contributed by atoms with E-state index in [1.54, 1.807) is 0 Å². The Morgan fingerprint density at radius 2 is 1.45 bits per heavy atom. The number of hydrogen-bond donors (Lipinski definition) is 1. The Labute approximate surface area is 132 Å². The molecule has 7 heteroatoms. The van der Waals surface area contributed by atoms with E-state index in [1.165, 1.54) is 12.1 Å². The molecule has 0 aliphatic carbocycles. The number of benzene rings is 2. The van der Waals surface area contributed by atoms with E-state index in [4.69, 9.17) is 0 Å². The molecule has 0 atom stereocenters. The lowest BCUT2D eigenvalue weighted by Crippen LogP contribution is -2.04. The largest absolute Gasteiger partial charge is 0.416 e. The third-order valence-electron chi connectivity index (χ3n) is 3.07. The molecule has 3 aromatic rings. The van der Waals surface area contributed by atoms with Crippen LogP contribution in [-0.4, -0.2) is 15.2 Å². The van der Waals surface area contributed by atoms with Crippen LogP contribution in [0.5, 0.6) is 0 Å². The molecule has 0 aliphatic heterocycles. The molecule has 0 amide bonds. The number of rotatable bonds is 2. The van der Waals surface area contributed by atoms with Crippen molar-refractivity contribution < 1.29 is 13.2 Å². The molecule has 0 fully saturated rings. The van der Waals surface area contributed by atoms with Crippen molar-refractivity contribution in [2.75, 3.05) is 0 Å². The lowest BCUT2D eigenvalue weighted by Gasteiger charge is -2.06. The third-order valence-corrected chi connectivity index (χ3v) is 3.60. The number of aromatic nitrogens is 3. The molecule has 1 aromatic heterocycles. The summed E-state index contributed by atoms with van der Waals surface area (Å²) in [4.78, 5) is 4.31. The van der Waals surface area contributed by atoms with Crippen molar-refractivity contribution >= 4 is 15.9 Å². The molecular formula is C15H9BrF3N3. The van der Waals surface area contributed by atoms with Crippen LogP contribution in [0.25, 0.3) is 22.8 Å².